The summed E-state index contributed by atoms with van der Waals surface area (Å²) in [6.45, 7) is 8.75. The zero-order valence-electron chi connectivity index (χ0n) is 18.3. The lowest BCUT2D eigenvalue weighted by atomic mass is 10.0. The van der Waals surface area contributed by atoms with Crippen molar-refractivity contribution in [3.05, 3.63) is 42.5 Å². The average molecular weight is 411 g/mol. The van der Waals surface area contributed by atoms with Gasteiger partial charge in [-0.3, -0.25) is 4.98 Å². The molecule has 0 aliphatic rings. The number of carbonyl (C=O) groups is 1. The van der Waals surface area contributed by atoms with E-state index in [1.807, 2.05) is 51.5 Å². The van der Waals surface area contributed by atoms with E-state index < -0.39 is 5.60 Å². The van der Waals surface area contributed by atoms with Gasteiger partial charge in [-0.2, -0.15) is 5.10 Å². The fourth-order valence-corrected chi connectivity index (χ4v) is 3.06. The number of aryl methyl sites for hydroxylation is 1. The molecule has 160 valence electrons. The third kappa shape index (κ3) is 5.25. The molecule has 1 N–H and O–H groups in total. The van der Waals surface area contributed by atoms with E-state index in [1.165, 1.54) is 0 Å². The van der Waals surface area contributed by atoms with Gasteiger partial charge in [0.25, 0.3) is 0 Å². The fraction of sp³-hybridized carbons (Fsp3) is 0.455. The van der Waals surface area contributed by atoms with Gasteiger partial charge in [0.05, 0.1) is 6.20 Å². The molecule has 3 heterocycles. The zero-order chi connectivity index (χ0) is 21.7. The van der Waals surface area contributed by atoms with Crippen LogP contribution in [0.15, 0.2) is 36.8 Å². The normalized spacial score (nSPS) is 11.5. The van der Waals surface area contributed by atoms with Crippen LogP contribution in [0.25, 0.3) is 16.8 Å². The van der Waals surface area contributed by atoms with Crippen LogP contribution in [0.1, 0.15) is 39.8 Å². The van der Waals surface area contributed by atoms with Crippen LogP contribution in [0.2, 0.25) is 0 Å². The Balaban J connectivity index is 1.72. The quantitative estimate of drug-likeness (QED) is 0.633. The second-order valence-corrected chi connectivity index (χ2v) is 8.22. The van der Waals surface area contributed by atoms with Crippen molar-refractivity contribution in [2.24, 2.45) is 0 Å². The molecule has 0 saturated carbocycles. The van der Waals surface area contributed by atoms with Gasteiger partial charge in [0, 0.05) is 49.4 Å². The van der Waals surface area contributed by atoms with Gasteiger partial charge in [-0.25, -0.2) is 14.3 Å². The minimum Gasteiger partial charge on any atom is -0.444 e. The van der Waals surface area contributed by atoms with E-state index in [0.29, 0.717) is 13.1 Å². The van der Waals surface area contributed by atoms with Crippen LogP contribution in [0, 0.1) is 0 Å². The topological polar surface area (TPSA) is 84.7 Å². The monoisotopic (exact) mass is 410 g/mol. The van der Waals surface area contributed by atoms with Gasteiger partial charge in [0.1, 0.15) is 11.4 Å². The number of aromatic nitrogens is 4. The summed E-state index contributed by atoms with van der Waals surface area (Å²) < 4.78 is 7.13. The first-order valence-corrected chi connectivity index (χ1v) is 10.2. The molecule has 0 aliphatic carbocycles. The Bertz CT molecular complexity index is 1010. The van der Waals surface area contributed by atoms with Gasteiger partial charge in [0.2, 0.25) is 0 Å². The van der Waals surface area contributed by atoms with Crippen LogP contribution < -0.4 is 5.32 Å². The first kappa shape index (κ1) is 21.5. The number of hydrogen-bond donors (Lipinski definition) is 1. The van der Waals surface area contributed by atoms with E-state index in [-0.39, 0.29) is 6.09 Å². The van der Waals surface area contributed by atoms with Crippen LogP contribution in [-0.4, -0.2) is 56.3 Å². The van der Waals surface area contributed by atoms with E-state index in [2.05, 4.69) is 28.4 Å². The minimum absolute atomic E-state index is 0.342. The number of nitrogens with one attached hydrogen (secondary N) is 1. The van der Waals surface area contributed by atoms with Crippen molar-refractivity contribution in [3.63, 3.8) is 0 Å². The number of amides is 1. The molecule has 3 aromatic heterocycles. The predicted molar refractivity (Wildman–Crippen MR) is 118 cm³/mol. The molecule has 0 saturated heterocycles. The molecule has 0 fully saturated rings. The van der Waals surface area contributed by atoms with Crippen LogP contribution in [0.4, 0.5) is 10.6 Å². The molecular formula is C22H30N6O2. The first-order chi connectivity index (χ1) is 14.3. The molecule has 8 heteroatoms. The molecule has 0 aromatic carbocycles. The first-order valence-electron chi connectivity index (χ1n) is 10.2. The zero-order valence-corrected chi connectivity index (χ0v) is 18.3. The Kier molecular flexibility index (Phi) is 6.54. The molecule has 30 heavy (non-hydrogen) atoms. The van der Waals surface area contributed by atoms with Crippen molar-refractivity contribution in [2.75, 3.05) is 25.5 Å². The van der Waals surface area contributed by atoms with E-state index in [1.54, 1.807) is 16.5 Å². The van der Waals surface area contributed by atoms with Gasteiger partial charge in [-0.1, -0.05) is 19.4 Å². The number of anilines is 1. The summed E-state index contributed by atoms with van der Waals surface area (Å²) >= 11 is 0. The largest absolute Gasteiger partial charge is 0.444 e. The second kappa shape index (κ2) is 9.11. The highest BCUT2D eigenvalue weighted by Gasteiger charge is 2.19. The van der Waals surface area contributed by atoms with E-state index in [9.17, 15) is 4.79 Å². The number of likely N-dealkylation sites (N-methyl/N-ethyl adjacent to an activating group) is 1. The molecule has 0 radical (unpaired) electrons. The second-order valence-electron chi connectivity index (χ2n) is 8.22. The third-order valence-corrected chi connectivity index (χ3v) is 4.49. The molecule has 0 aliphatic heterocycles. The lowest BCUT2D eigenvalue weighted by Crippen LogP contribution is -2.36. The van der Waals surface area contributed by atoms with Gasteiger partial charge in [-0.05, 0) is 39.3 Å². The van der Waals surface area contributed by atoms with Crippen molar-refractivity contribution in [1.82, 2.24) is 24.5 Å². The van der Waals surface area contributed by atoms with Crippen LogP contribution in [-0.2, 0) is 11.2 Å². The number of fused-ring (bicyclic) bond motifs is 1. The van der Waals surface area contributed by atoms with Crippen LogP contribution >= 0.6 is 0 Å². The average Bonchev–Trinajstić information content (AvgIpc) is 3.10. The maximum Gasteiger partial charge on any atom is 0.410 e. The van der Waals surface area contributed by atoms with Gasteiger partial charge in [-0.15, -0.1) is 0 Å². The summed E-state index contributed by atoms with van der Waals surface area (Å²) in [5.41, 5.74) is 3.33. The number of rotatable bonds is 7. The predicted octanol–water partition coefficient (Wildman–Crippen LogP) is 4.02. The van der Waals surface area contributed by atoms with Gasteiger partial charge in [0.15, 0.2) is 5.65 Å². The molecule has 8 nitrogen and oxygen atoms in total. The van der Waals surface area contributed by atoms with E-state index in [4.69, 9.17) is 9.72 Å². The van der Waals surface area contributed by atoms with Crippen LogP contribution in [0.5, 0.6) is 0 Å². The van der Waals surface area contributed by atoms with E-state index in [0.717, 1.165) is 41.1 Å². The molecule has 0 atom stereocenters. The Morgan fingerprint density at radius 1 is 1.27 bits per heavy atom. The van der Waals surface area contributed by atoms with Crippen molar-refractivity contribution >= 4 is 17.6 Å². The van der Waals surface area contributed by atoms with Gasteiger partial charge < -0.3 is 15.0 Å². The smallest absolute Gasteiger partial charge is 0.410 e. The number of pyridine rings is 1. The van der Waals surface area contributed by atoms with Gasteiger partial charge >= 0.3 is 6.09 Å². The Morgan fingerprint density at radius 2 is 2.07 bits per heavy atom. The summed E-state index contributed by atoms with van der Waals surface area (Å²) in [6.07, 6.45) is 7.12. The van der Waals surface area contributed by atoms with E-state index >= 15 is 0 Å². The number of hydrogen-bond acceptors (Lipinski definition) is 6. The maximum atomic E-state index is 12.1. The molecule has 0 unspecified atom stereocenters. The van der Waals surface area contributed by atoms with Crippen molar-refractivity contribution in [3.8, 4) is 11.1 Å². The molecule has 3 rings (SSSR count). The molecule has 0 bridgehead atoms. The fourth-order valence-electron chi connectivity index (χ4n) is 3.06. The lowest BCUT2D eigenvalue weighted by Gasteiger charge is -2.24. The van der Waals surface area contributed by atoms with Crippen LogP contribution in [0.3, 0.4) is 0 Å². The number of ether oxygens (including phenoxy) is 1. The summed E-state index contributed by atoms with van der Waals surface area (Å²) in [5.74, 6) is 0.725. The van der Waals surface area contributed by atoms with Crippen molar-refractivity contribution < 1.29 is 9.53 Å². The molecular weight excluding hydrogens is 380 g/mol. The summed E-state index contributed by atoms with van der Waals surface area (Å²) in [4.78, 5) is 22.9. The summed E-state index contributed by atoms with van der Waals surface area (Å²) in [7, 11) is 1.72. The number of carbonyl (C=O) groups excluding carboxylic acids is 1. The third-order valence-electron chi connectivity index (χ3n) is 4.49. The Hall–Kier alpha value is -3.16. The van der Waals surface area contributed by atoms with Crippen molar-refractivity contribution in [2.45, 2.75) is 46.1 Å². The van der Waals surface area contributed by atoms with Crippen molar-refractivity contribution in [1.29, 1.82) is 0 Å². The highest BCUT2D eigenvalue weighted by molar-refractivity contribution is 5.79. The summed E-state index contributed by atoms with van der Waals surface area (Å²) in [6, 6.07) is 5.87. The standard InChI is InChI=1S/C22H30N6O2/c1-6-8-18-16(9-7-11-23-18)17-15-25-28-13-10-19(26-20(17)28)24-12-14-27(5)21(29)30-22(2,3)4/h7,9-11,13,15H,6,8,12,14H2,1-5H3,(H,24,26). The lowest BCUT2D eigenvalue weighted by molar-refractivity contribution is 0.0305. The maximum absolute atomic E-state index is 12.1. The minimum atomic E-state index is -0.507. The number of nitrogens with zero attached hydrogens (tertiary/aromatic N) is 5. The highest BCUT2D eigenvalue weighted by Crippen LogP contribution is 2.27. The Labute approximate surface area is 177 Å². The highest BCUT2D eigenvalue weighted by atomic mass is 16.6. The summed E-state index contributed by atoms with van der Waals surface area (Å²) in [5, 5.41) is 7.71. The Morgan fingerprint density at radius 3 is 2.80 bits per heavy atom. The molecule has 1 amide bonds. The SMILES string of the molecule is CCCc1ncccc1-c1cnn2ccc(NCCN(C)C(=O)OC(C)(C)C)nc12. The molecule has 0 spiro atoms. The molecule has 3 aromatic rings.